The zero-order valence-electron chi connectivity index (χ0n) is 14.9. The number of nitrogens with one attached hydrogen (secondary N) is 2. The van der Waals surface area contributed by atoms with E-state index in [0.717, 1.165) is 19.5 Å². The molecule has 2 N–H and O–H groups in total. The molecule has 0 unspecified atom stereocenters. The molecule has 134 valence electrons. The number of esters is 1. The van der Waals surface area contributed by atoms with Crippen molar-refractivity contribution in [2.75, 3.05) is 19.6 Å². The molecule has 0 fully saturated rings. The summed E-state index contributed by atoms with van der Waals surface area (Å²) in [6, 6.07) is 0. The third kappa shape index (κ3) is 11.4. The van der Waals surface area contributed by atoms with E-state index >= 15 is 0 Å². The molecule has 23 heavy (non-hydrogen) atoms. The molecule has 0 aromatic carbocycles. The van der Waals surface area contributed by atoms with E-state index in [9.17, 15) is 4.79 Å². The molecular weight excluding hydrogens is 405 g/mol. The molecule has 0 aliphatic heterocycles. The van der Waals surface area contributed by atoms with E-state index in [2.05, 4.69) is 21.7 Å². The van der Waals surface area contributed by atoms with E-state index in [4.69, 9.17) is 4.74 Å². The van der Waals surface area contributed by atoms with Gasteiger partial charge in [-0.2, -0.15) is 0 Å². The number of hydrogen-bond acceptors (Lipinski definition) is 3. The molecule has 1 rings (SSSR count). The SMILES string of the molecule is CCNC(=NCC(=O)OC(C)(C)C)NCCC1=CCCCC1.I. The molecule has 6 heteroatoms. The molecule has 1 aliphatic carbocycles. The van der Waals surface area contributed by atoms with Crippen molar-refractivity contribution in [3.05, 3.63) is 11.6 Å². The summed E-state index contributed by atoms with van der Waals surface area (Å²) in [5.74, 6) is 0.365. The molecule has 0 amide bonds. The summed E-state index contributed by atoms with van der Waals surface area (Å²) in [5, 5.41) is 6.43. The Bertz CT molecular complexity index is 415. The maximum atomic E-state index is 11.7. The van der Waals surface area contributed by atoms with Crippen molar-refractivity contribution in [1.29, 1.82) is 0 Å². The fourth-order valence-electron chi connectivity index (χ4n) is 2.33. The smallest absolute Gasteiger partial charge is 0.328 e. The summed E-state index contributed by atoms with van der Waals surface area (Å²) in [6.07, 6.45) is 8.44. The van der Waals surface area contributed by atoms with E-state index in [-0.39, 0.29) is 36.5 Å². The lowest BCUT2D eigenvalue weighted by molar-refractivity contribution is -0.152. The van der Waals surface area contributed by atoms with Crippen LogP contribution >= 0.6 is 24.0 Å². The number of rotatable bonds is 6. The predicted molar refractivity (Wildman–Crippen MR) is 106 cm³/mol. The van der Waals surface area contributed by atoms with E-state index in [0.29, 0.717) is 5.96 Å². The first kappa shape index (κ1) is 22.2. The first-order valence-corrected chi connectivity index (χ1v) is 8.32. The molecule has 0 saturated carbocycles. The van der Waals surface area contributed by atoms with E-state index in [1.807, 2.05) is 27.7 Å². The van der Waals surface area contributed by atoms with Crippen molar-refractivity contribution >= 4 is 35.9 Å². The molecule has 5 nitrogen and oxygen atoms in total. The average molecular weight is 437 g/mol. The summed E-state index contributed by atoms with van der Waals surface area (Å²) in [5.41, 5.74) is 1.06. The van der Waals surface area contributed by atoms with Crippen LogP contribution in [0.3, 0.4) is 0 Å². The normalized spacial score (nSPS) is 15.3. The van der Waals surface area contributed by atoms with Crippen molar-refractivity contribution in [1.82, 2.24) is 10.6 Å². The van der Waals surface area contributed by atoms with Crippen LogP contribution in [-0.2, 0) is 9.53 Å². The highest BCUT2D eigenvalue weighted by atomic mass is 127. The van der Waals surface area contributed by atoms with Crippen LogP contribution in [0.15, 0.2) is 16.6 Å². The largest absolute Gasteiger partial charge is 0.459 e. The van der Waals surface area contributed by atoms with Gasteiger partial charge in [0.1, 0.15) is 12.1 Å². The highest BCUT2D eigenvalue weighted by Crippen LogP contribution is 2.19. The van der Waals surface area contributed by atoms with Crippen LogP contribution in [0.2, 0.25) is 0 Å². The lowest BCUT2D eigenvalue weighted by Crippen LogP contribution is -2.38. The second-order valence-corrected chi connectivity index (χ2v) is 6.57. The van der Waals surface area contributed by atoms with Gasteiger partial charge in [0.05, 0.1) is 0 Å². The Morgan fingerprint density at radius 2 is 2.04 bits per heavy atom. The van der Waals surface area contributed by atoms with Crippen LogP contribution < -0.4 is 10.6 Å². The molecule has 0 spiro atoms. The topological polar surface area (TPSA) is 62.7 Å². The van der Waals surface area contributed by atoms with Gasteiger partial charge < -0.3 is 15.4 Å². The maximum Gasteiger partial charge on any atom is 0.328 e. The van der Waals surface area contributed by atoms with Crippen LogP contribution in [0, 0.1) is 0 Å². The van der Waals surface area contributed by atoms with Gasteiger partial charge >= 0.3 is 5.97 Å². The molecule has 0 radical (unpaired) electrons. The lowest BCUT2D eigenvalue weighted by atomic mass is 9.97. The van der Waals surface area contributed by atoms with Gasteiger partial charge in [-0.1, -0.05) is 11.6 Å². The second-order valence-electron chi connectivity index (χ2n) is 6.57. The minimum absolute atomic E-state index is 0. The lowest BCUT2D eigenvalue weighted by Gasteiger charge is -2.19. The predicted octanol–water partition coefficient (Wildman–Crippen LogP) is 3.39. The summed E-state index contributed by atoms with van der Waals surface area (Å²) in [7, 11) is 0. The summed E-state index contributed by atoms with van der Waals surface area (Å²) in [6.45, 7) is 9.22. The summed E-state index contributed by atoms with van der Waals surface area (Å²) >= 11 is 0. The van der Waals surface area contributed by atoms with Gasteiger partial charge in [-0.05, 0) is 59.8 Å². The molecule has 0 aromatic rings. The van der Waals surface area contributed by atoms with Crippen LogP contribution in [0.25, 0.3) is 0 Å². The van der Waals surface area contributed by atoms with Gasteiger partial charge in [-0.25, -0.2) is 4.99 Å². The fraction of sp³-hybridized carbons (Fsp3) is 0.765. The molecule has 0 saturated heterocycles. The number of guanidine groups is 1. The van der Waals surface area contributed by atoms with E-state index < -0.39 is 5.60 Å². The van der Waals surface area contributed by atoms with Crippen molar-refractivity contribution in [3.63, 3.8) is 0 Å². The number of aliphatic imine (C=N–C) groups is 1. The standard InChI is InChI=1S/C17H31N3O2.HI/c1-5-18-16(20-13-15(21)22-17(2,3)4)19-12-11-14-9-7-6-8-10-14;/h9H,5-8,10-13H2,1-4H3,(H2,18,19,20);1H. The van der Waals surface area contributed by atoms with Gasteiger partial charge in [0.15, 0.2) is 5.96 Å². The summed E-state index contributed by atoms with van der Waals surface area (Å²) < 4.78 is 5.26. The Morgan fingerprint density at radius 1 is 1.30 bits per heavy atom. The highest BCUT2D eigenvalue weighted by Gasteiger charge is 2.15. The van der Waals surface area contributed by atoms with Crippen molar-refractivity contribution in [3.8, 4) is 0 Å². The first-order valence-electron chi connectivity index (χ1n) is 8.32. The van der Waals surface area contributed by atoms with Crippen LogP contribution in [0.1, 0.15) is 59.8 Å². The zero-order chi connectivity index (χ0) is 16.4. The van der Waals surface area contributed by atoms with E-state index in [1.54, 1.807) is 0 Å². The maximum absolute atomic E-state index is 11.7. The van der Waals surface area contributed by atoms with Gasteiger partial charge in [0, 0.05) is 13.1 Å². The Balaban J connectivity index is 0.00000484. The number of halogens is 1. The highest BCUT2D eigenvalue weighted by molar-refractivity contribution is 14.0. The number of carbonyl (C=O) groups is 1. The van der Waals surface area contributed by atoms with Crippen LogP contribution in [-0.4, -0.2) is 37.2 Å². The molecule has 0 heterocycles. The third-order valence-electron chi connectivity index (χ3n) is 3.25. The number of hydrogen-bond donors (Lipinski definition) is 2. The van der Waals surface area contributed by atoms with Crippen LogP contribution in [0.4, 0.5) is 0 Å². The number of carbonyl (C=O) groups excluding carboxylic acids is 1. The monoisotopic (exact) mass is 437 g/mol. The van der Waals surface area contributed by atoms with Crippen LogP contribution in [0.5, 0.6) is 0 Å². The quantitative estimate of drug-likeness (QED) is 0.220. The summed E-state index contributed by atoms with van der Waals surface area (Å²) in [4.78, 5) is 16.0. The first-order chi connectivity index (χ1) is 10.4. The minimum Gasteiger partial charge on any atom is -0.459 e. The van der Waals surface area contributed by atoms with Gasteiger partial charge in [0.25, 0.3) is 0 Å². The van der Waals surface area contributed by atoms with Crippen molar-refractivity contribution < 1.29 is 9.53 Å². The molecule has 1 aliphatic rings. The molecule has 0 atom stereocenters. The number of nitrogens with zero attached hydrogens (tertiary/aromatic N) is 1. The van der Waals surface area contributed by atoms with Crippen molar-refractivity contribution in [2.24, 2.45) is 4.99 Å². The van der Waals surface area contributed by atoms with Crippen molar-refractivity contribution in [2.45, 2.75) is 65.4 Å². The van der Waals surface area contributed by atoms with Gasteiger partial charge in [0.2, 0.25) is 0 Å². The average Bonchev–Trinajstić information content (AvgIpc) is 2.44. The van der Waals surface area contributed by atoms with Gasteiger partial charge in [-0.3, -0.25) is 4.79 Å². The van der Waals surface area contributed by atoms with E-state index in [1.165, 1.54) is 31.3 Å². The Hall–Kier alpha value is -0.790. The molecule has 0 aromatic heterocycles. The Labute approximate surface area is 157 Å². The molecular formula is C17H32IN3O2. The second kappa shape index (κ2) is 11.7. The fourth-order valence-corrected chi connectivity index (χ4v) is 2.33. The Kier molecular flexibility index (Phi) is 11.3. The number of allylic oxidation sites excluding steroid dienone is 1. The third-order valence-corrected chi connectivity index (χ3v) is 3.25. The Morgan fingerprint density at radius 3 is 2.61 bits per heavy atom. The number of ether oxygens (including phenoxy) is 1. The minimum atomic E-state index is -0.466. The van der Waals surface area contributed by atoms with Gasteiger partial charge in [-0.15, -0.1) is 24.0 Å². The molecule has 0 bridgehead atoms. The zero-order valence-corrected chi connectivity index (χ0v) is 17.2.